The van der Waals surface area contributed by atoms with Crippen molar-refractivity contribution in [1.29, 1.82) is 0 Å². The monoisotopic (exact) mass is 244 g/mol. The SMILES string of the molecule is CCCCCC(OC(=O)OC(C)CC)C(C)C. The zero-order valence-electron chi connectivity index (χ0n) is 12.0. The summed E-state index contributed by atoms with van der Waals surface area (Å²) in [5, 5.41) is 0. The highest BCUT2D eigenvalue weighted by molar-refractivity contribution is 5.60. The average Bonchev–Trinajstić information content (AvgIpc) is 2.27. The van der Waals surface area contributed by atoms with Gasteiger partial charge in [-0.25, -0.2) is 4.79 Å². The minimum atomic E-state index is -0.519. The van der Waals surface area contributed by atoms with Gasteiger partial charge in [0.2, 0.25) is 0 Å². The number of hydrogen-bond donors (Lipinski definition) is 0. The van der Waals surface area contributed by atoms with E-state index >= 15 is 0 Å². The quantitative estimate of drug-likeness (QED) is 0.464. The summed E-state index contributed by atoms with van der Waals surface area (Å²) in [4.78, 5) is 11.5. The Labute approximate surface area is 106 Å². The Kier molecular flexibility index (Phi) is 8.92. The van der Waals surface area contributed by atoms with E-state index in [-0.39, 0.29) is 12.2 Å². The molecule has 0 aliphatic carbocycles. The zero-order chi connectivity index (χ0) is 13.3. The van der Waals surface area contributed by atoms with E-state index in [2.05, 4.69) is 20.8 Å². The third kappa shape index (κ3) is 8.06. The van der Waals surface area contributed by atoms with Gasteiger partial charge in [-0.1, -0.05) is 40.5 Å². The molecule has 2 atom stereocenters. The first-order valence-electron chi connectivity index (χ1n) is 6.88. The van der Waals surface area contributed by atoms with Gasteiger partial charge in [0.05, 0.1) is 0 Å². The number of carbonyl (C=O) groups excluding carboxylic acids is 1. The summed E-state index contributed by atoms with van der Waals surface area (Å²) in [5.74, 6) is 0.344. The molecule has 3 heteroatoms. The summed E-state index contributed by atoms with van der Waals surface area (Å²) in [5.41, 5.74) is 0. The Morgan fingerprint density at radius 2 is 1.71 bits per heavy atom. The molecule has 102 valence electrons. The van der Waals surface area contributed by atoms with E-state index in [0.717, 1.165) is 19.3 Å². The van der Waals surface area contributed by atoms with Crippen molar-refractivity contribution in [3.05, 3.63) is 0 Å². The van der Waals surface area contributed by atoms with Crippen LogP contribution in [0.4, 0.5) is 4.79 Å². The van der Waals surface area contributed by atoms with Crippen LogP contribution in [0.5, 0.6) is 0 Å². The summed E-state index contributed by atoms with van der Waals surface area (Å²) < 4.78 is 10.5. The molecule has 0 aromatic carbocycles. The summed E-state index contributed by atoms with van der Waals surface area (Å²) in [6, 6.07) is 0. The van der Waals surface area contributed by atoms with E-state index in [1.165, 1.54) is 12.8 Å². The molecular weight excluding hydrogens is 216 g/mol. The molecule has 0 amide bonds. The predicted octanol–water partition coefficient (Wildman–Crippen LogP) is 4.54. The fourth-order valence-electron chi connectivity index (χ4n) is 1.52. The highest BCUT2D eigenvalue weighted by Crippen LogP contribution is 2.16. The number of rotatable bonds is 8. The molecule has 0 bridgehead atoms. The van der Waals surface area contributed by atoms with Gasteiger partial charge in [0.15, 0.2) is 0 Å². The molecule has 2 unspecified atom stereocenters. The Balaban J connectivity index is 4.01. The number of ether oxygens (including phenoxy) is 2. The zero-order valence-corrected chi connectivity index (χ0v) is 12.0. The van der Waals surface area contributed by atoms with Gasteiger partial charge in [0.25, 0.3) is 0 Å². The van der Waals surface area contributed by atoms with E-state index < -0.39 is 6.16 Å². The molecule has 0 saturated heterocycles. The maximum absolute atomic E-state index is 11.5. The van der Waals surface area contributed by atoms with Crippen LogP contribution >= 0.6 is 0 Å². The van der Waals surface area contributed by atoms with Gasteiger partial charge >= 0.3 is 6.16 Å². The van der Waals surface area contributed by atoms with Crippen molar-refractivity contribution < 1.29 is 14.3 Å². The lowest BCUT2D eigenvalue weighted by Gasteiger charge is -2.22. The van der Waals surface area contributed by atoms with E-state index in [1.807, 2.05) is 13.8 Å². The first kappa shape index (κ1) is 16.3. The van der Waals surface area contributed by atoms with Gasteiger partial charge in [0.1, 0.15) is 12.2 Å². The van der Waals surface area contributed by atoms with Crippen LogP contribution < -0.4 is 0 Å². The van der Waals surface area contributed by atoms with Crippen LogP contribution in [0.25, 0.3) is 0 Å². The molecule has 0 radical (unpaired) electrons. The van der Waals surface area contributed by atoms with Crippen LogP contribution in [0, 0.1) is 5.92 Å². The highest BCUT2D eigenvalue weighted by atomic mass is 16.7. The Morgan fingerprint density at radius 1 is 1.06 bits per heavy atom. The van der Waals surface area contributed by atoms with Crippen molar-refractivity contribution in [2.24, 2.45) is 5.92 Å². The molecule has 0 heterocycles. The molecule has 0 aliphatic rings. The maximum atomic E-state index is 11.5. The summed E-state index contributed by atoms with van der Waals surface area (Å²) in [6.45, 7) is 10.2. The topological polar surface area (TPSA) is 35.5 Å². The Bertz CT molecular complexity index is 202. The van der Waals surface area contributed by atoms with E-state index in [0.29, 0.717) is 5.92 Å². The van der Waals surface area contributed by atoms with Crippen molar-refractivity contribution in [1.82, 2.24) is 0 Å². The van der Waals surface area contributed by atoms with Gasteiger partial charge < -0.3 is 9.47 Å². The fraction of sp³-hybridized carbons (Fsp3) is 0.929. The second-order valence-electron chi connectivity index (χ2n) is 4.98. The van der Waals surface area contributed by atoms with Crippen LogP contribution in [0.1, 0.15) is 66.7 Å². The summed E-state index contributed by atoms with van der Waals surface area (Å²) >= 11 is 0. The third-order valence-electron chi connectivity index (χ3n) is 2.96. The predicted molar refractivity (Wildman–Crippen MR) is 70.1 cm³/mol. The molecule has 0 aromatic rings. The van der Waals surface area contributed by atoms with Crippen LogP contribution in [0.15, 0.2) is 0 Å². The number of unbranched alkanes of at least 4 members (excludes halogenated alkanes) is 2. The van der Waals surface area contributed by atoms with Gasteiger partial charge in [-0.2, -0.15) is 0 Å². The molecule has 0 fully saturated rings. The highest BCUT2D eigenvalue weighted by Gasteiger charge is 2.19. The molecule has 0 saturated carbocycles. The lowest BCUT2D eigenvalue weighted by atomic mass is 10.0. The van der Waals surface area contributed by atoms with Crippen LogP contribution in [-0.2, 0) is 9.47 Å². The van der Waals surface area contributed by atoms with E-state index in [4.69, 9.17) is 9.47 Å². The summed E-state index contributed by atoms with van der Waals surface area (Å²) in [6.07, 6.45) is 4.63. The molecule has 0 aliphatic heterocycles. The average molecular weight is 244 g/mol. The maximum Gasteiger partial charge on any atom is 0.508 e. The van der Waals surface area contributed by atoms with E-state index in [9.17, 15) is 4.79 Å². The van der Waals surface area contributed by atoms with Crippen molar-refractivity contribution in [2.75, 3.05) is 0 Å². The van der Waals surface area contributed by atoms with Gasteiger partial charge in [0, 0.05) is 0 Å². The molecule has 0 N–H and O–H groups in total. The van der Waals surface area contributed by atoms with Crippen LogP contribution in [-0.4, -0.2) is 18.4 Å². The van der Waals surface area contributed by atoms with E-state index in [1.54, 1.807) is 0 Å². The molecule has 0 rings (SSSR count). The number of carbonyl (C=O) groups is 1. The standard InChI is InChI=1S/C14H28O3/c1-6-8-9-10-13(11(3)4)17-14(15)16-12(5)7-2/h11-13H,6-10H2,1-5H3. The fourth-order valence-corrected chi connectivity index (χ4v) is 1.52. The second kappa shape index (κ2) is 9.32. The summed E-state index contributed by atoms with van der Waals surface area (Å²) in [7, 11) is 0. The molecule has 0 spiro atoms. The molecular formula is C14H28O3. The molecule has 17 heavy (non-hydrogen) atoms. The van der Waals surface area contributed by atoms with Gasteiger partial charge in [-0.3, -0.25) is 0 Å². The first-order chi connectivity index (χ1) is 8.01. The van der Waals surface area contributed by atoms with Crippen LogP contribution in [0.2, 0.25) is 0 Å². The number of hydrogen-bond acceptors (Lipinski definition) is 3. The van der Waals surface area contributed by atoms with Gasteiger partial charge in [-0.05, 0) is 32.1 Å². The minimum Gasteiger partial charge on any atom is -0.431 e. The van der Waals surface area contributed by atoms with Crippen molar-refractivity contribution >= 4 is 6.16 Å². The van der Waals surface area contributed by atoms with Crippen molar-refractivity contribution in [3.63, 3.8) is 0 Å². The van der Waals surface area contributed by atoms with Crippen molar-refractivity contribution in [3.8, 4) is 0 Å². The van der Waals surface area contributed by atoms with Gasteiger partial charge in [-0.15, -0.1) is 0 Å². The lowest BCUT2D eigenvalue weighted by Crippen LogP contribution is -2.26. The largest absolute Gasteiger partial charge is 0.508 e. The third-order valence-corrected chi connectivity index (χ3v) is 2.96. The van der Waals surface area contributed by atoms with Crippen LogP contribution in [0.3, 0.4) is 0 Å². The van der Waals surface area contributed by atoms with Crippen molar-refractivity contribution in [2.45, 2.75) is 78.9 Å². The Morgan fingerprint density at radius 3 is 2.18 bits per heavy atom. The second-order valence-corrected chi connectivity index (χ2v) is 4.98. The smallest absolute Gasteiger partial charge is 0.431 e. The normalized spacial score (nSPS) is 14.5. The Hall–Kier alpha value is -0.730. The lowest BCUT2D eigenvalue weighted by molar-refractivity contribution is -0.0139. The first-order valence-corrected chi connectivity index (χ1v) is 6.88. The minimum absolute atomic E-state index is 0.0156. The molecule has 3 nitrogen and oxygen atoms in total. The molecule has 0 aromatic heterocycles.